The van der Waals surface area contributed by atoms with E-state index in [-0.39, 0.29) is 18.7 Å². The van der Waals surface area contributed by atoms with E-state index in [1.807, 2.05) is 102 Å². The smallest absolute Gasteiger partial charge is 0.304 e. The second kappa shape index (κ2) is 16.0. The van der Waals surface area contributed by atoms with Crippen LogP contribution in [0.15, 0.2) is 97.3 Å². The third kappa shape index (κ3) is 10.1. The number of hydrogen-bond acceptors (Lipinski definition) is 5. The minimum absolute atomic E-state index is 0.246. The van der Waals surface area contributed by atoms with E-state index >= 15 is 0 Å². The van der Waals surface area contributed by atoms with Crippen LogP contribution in [0.2, 0.25) is 0 Å². The predicted molar refractivity (Wildman–Crippen MR) is 159 cm³/mol. The number of benzene rings is 2. The normalized spacial score (nSPS) is 16.0. The number of aliphatic carboxylic acids is 1. The second-order valence-corrected chi connectivity index (χ2v) is 10.1. The summed E-state index contributed by atoms with van der Waals surface area (Å²) >= 11 is 0. The molecule has 2 aromatic carbocycles. The van der Waals surface area contributed by atoms with Crippen LogP contribution in [0.3, 0.4) is 0 Å². The van der Waals surface area contributed by atoms with Crippen molar-refractivity contribution < 1.29 is 29.0 Å². The molecular weight excluding hydrogens is 534 g/mol. The maximum Gasteiger partial charge on any atom is 0.304 e. The number of carbonyl (C=O) groups is 3. The number of nitrogens with zero attached hydrogens (tertiary/aromatic N) is 1. The monoisotopic (exact) mass is 571 g/mol. The molecule has 9 heteroatoms. The summed E-state index contributed by atoms with van der Waals surface area (Å²) in [4.78, 5) is 38.2. The topological polar surface area (TPSA) is 119 Å². The SMILES string of the molecule is O=C(O)C[C@@H](CCc1ccc(Oc2ccccc2)cc1)C(=O)NC1Cc2ccccccn(c2)CCOCCNC1=O. The fourth-order valence-corrected chi connectivity index (χ4v) is 4.63. The first-order chi connectivity index (χ1) is 20.5. The molecule has 2 amide bonds. The molecule has 4 rings (SSSR count). The molecule has 9 nitrogen and oxygen atoms in total. The molecule has 2 bridgehead atoms. The molecule has 0 saturated heterocycles. The van der Waals surface area contributed by atoms with E-state index in [4.69, 9.17) is 9.47 Å². The van der Waals surface area contributed by atoms with Crippen molar-refractivity contribution in [2.45, 2.75) is 38.3 Å². The van der Waals surface area contributed by atoms with Crippen molar-refractivity contribution in [3.8, 4) is 11.5 Å². The highest BCUT2D eigenvalue weighted by molar-refractivity contribution is 5.90. The molecule has 42 heavy (non-hydrogen) atoms. The number of carboxylic acid groups (broad SMARTS) is 1. The van der Waals surface area contributed by atoms with Crippen LogP contribution in [0.4, 0.5) is 0 Å². The van der Waals surface area contributed by atoms with Gasteiger partial charge >= 0.3 is 5.97 Å². The Balaban J connectivity index is 1.46. The summed E-state index contributed by atoms with van der Waals surface area (Å²) < 4.78 is 13.5. The molecule has 0 fully saturated rings. The Morgan fingerprint density at radius 1 is 0.976 bits per heavy atom. The molecule has 0 aliphatic carbocycles. The van der Waals surface area contributed by atoms with Gasteiger partial charge in [-0.1, -0.05) is 54.6 Å². The van der Waals surface area contributed by atoms with Crippen LogP contribution < -0.4 is 15.4 Å². The van der Waals surface area contributed by atoms with Gasteiger partial charge < -0.3 is 29.8 Å². The van der Waals surface area contributed by atoms with Crippen LogP contribution in [0.25, 0.3) is 0 Å². The van der Waals surface area contributed by atoms with Crippen LogP contribution in [-0.4, -0.2) is 53.3 Å². The van der Waals surface area contributed by atoms with Gasteiger partial charge in [-0.25, -0.2) is 0 Å². The fraction of sp³-hybridized carbons (Fsp3) is 0.303. The van der Waals surface area contributed by atoms with Crippen LogP contribution in [0.5, 0.6) is 11.5 Å². The molecule has 0 saturated carbocycles. The van der Waals surface area contributed by atoms with Gasteiger partial charge in [-0.2, -0.15) is 0 Å². The van der Waals surface area contributed by atoms with Crippen LogP contribution in [-0.2, 0) is 38.5 Å². The van der Waals surface area contributed by atoms with Crippen molar-refractivity contribution in [2.75, 3.05) is 19.8 Å². The van der Waals surface area contributed by atoms with Crippen molar-refractivity contribution >= 4 is 17.8 Å². The number of fused-ring (bicyclic) bond motifs is 2. The second-order valence-electron chi connectivity index (χ2n) is 10.1. The molecule has 1 aliphatic heterocycles. The van der Waals surface area contributed by atoms with E-state index < -0.39 is 23.8 Å². The van der Waals surface area contributed by atoms with Crippen molar-refractivity contribution in [1.82, 2.24) is 15.2 Å². The highest BCUT2D eigenvalue weighted by Crippen LogP contribution is 2.22. The quantitative estimate of drug-likeness (QED) is 0.352. The maximum absolute atomic E-state index is 13.4. The summed E-state index contributed by atoms with van der Waals surface area (Å²) in [6.45, 7) is 1.78. The molecule has 1 aromatic heterocycles. The third-order valence-corrected chi connectivity index (χ3v) is 6.84. The summed E-state index contributed by atoms with van der Waals surface area (Å²) in [6, 6.07) is 25.6. The number of hydrogen-bond donors (Lipinski definition) is 3. The third-order valence-electron chi connectivity index (χ3n) is 6.84. The van der Waals surface area contributed by atoms with Gasteiger partial charge in [0.1, 0.15) is 17.5 Å². The minimum atomic E-state index is -1.07. The molecule has 2 atom stereocenters. The van der Waals surface area contributed by atoms with Crippen molar-refractivity contribution in [3.63, 3.8) is 0 Å². The number of ether oxygens (including phenoxy) is 2. The van der Waals surface area contributed by atoms with Gasteiger partial charge in [-0.3, -0.25) is 14.4 Å². The first kappa shape index (κ1) is 30.3. The number of aromatic nitrogens is 1. The van der Waals surface area contributed by atoms with E-state index in [0.29, 0.717) is 44.9 Å². The summed E-state index contributed by atoms with van der Waals surface area (Å²) in [6.07, 6.45) is 4.57. The van der Waals surface area contributed by atoms with E-state index in [9.17, 15) is 19.5 Å². The maximum atomic E-state index is 13.4. The van der Waals surface area contributed by atoms with E-state index in [1.165, 1.54) is 0 Å². The Kier molecular flexibility index (Phi) is 11.5. The number of carbonyl (C=O) groups excluding carboxylic acids is 2. The number of amides is 2. The summed E-state index contributed by atoms with van der Waals surface area (Å²) in [5.74, 6) is -1.28. The predicted octanol–water partition coefficient (Wildman–Crippen LogP) is 4.30. The lowest BCUT2D eigenvalue weighted by Crippen LogP contribution is -2.50. The molecule has 2 heterocycles. The Morgan fingerprint density at radius 2 is 1.69 bits per heavy atom. The zero-order valence-corrected chi connectivity index (χ0v) is 23.5. The number of rotatable bonds is 9. The van der Waals surface area contributed by atoms with E-state index in [1.54, 1.807) is 0 Å². The minimum Gasteiger partial charge on any atom is -0.481 e. The van der Waals surface area contributed by atoms with Gasteiger partial charge in [0.2, 0.25) is 11.8 Å². The lowest BCUT2D eigenvalue weighted by Gasteiger charge is -2.22. The van der Waals surface area contributed by atoms with Gasteiger partial charge in [0.05, 0.1) is 19.6 Å². The highest BCUT2D eigenvalue weighted by Gasteiger charge is 2.27. The zero-order chi connectivity index (χ0) is 29.6. The van der Waals surface area contributed by atoms with Gasteiger partial charge in [0, 0.05) is 37.8 Å². The molecule has 0 spiro atoms. The summed E-state index contributed by atoms with van der Waals surface area (Å²) in [5.41, 5.74) is 1.78. The molecular formula is C33H37N3O6. The highest BCUT2D eigenvalue weighted by atomic mass is 16.5. The standard InChI is InChI=1S/C33H37N3O6/c37-31(38)23-27(14-11-25-12-15-29(16-13-25)42-28-9-5-3-6-10-28)32(39)35-30-22-26-8-4-1-2-7-18-36(24-26)19-21-41-20-17-34-33(30)40/h1-10,12-13,15-16,18,24,27,30H,11,14,17,19-23H2,(H,34,40)(H,35,39)(H,37,38)/t27-,30?/m1/s1. The number of para-hydroxylation sites is 1. The fourth-order valence-electron chi connectivity index (χ4n) is 4.63. The van der Waals surface area contributed by atoms with Crippen molar-refractivity contribution in [3.05, 3.63) is 108 Å². The molecule has 1 aliphatic rings. The number of aryl methyl sites for hydroxylation is 1. The molecule has 3 N–H and O–H groups in total. The zero-order valence-electron chi connectivity index (χ0n) is 23.5. The lowest BCUT2D eigenvalue weighted by molar-refractivity contribution is -0.141. The van der Waals surface area contributed by atoms with Gasteiger partial charge in [0.15, 0.2) is 0 Å². The largest absolute Gasteiger partial charge is 0.481 e. The first-order valence-corrected chi connectivity index (χ1v) is 14.1. The van der Waals surface area contributed by atoms with Gasteiger partial charge in [-0.05, 0) is 54.3 Å². The van der Waals surface area contributed by atoms with Crippen LogP contribution in [0.1, 0.15) is 24.0 Å². The number of nitrogens with one attached hydrogen (secondary N) is 2. The van der Waals surface area contributed by atoms with Gasteiger partial charge in [0.25, 0.3) is 0 Å². The van der Waals surface area contributed by atoms with Crippen molar-refractivity contribution in [1.29, 1.82) is 0 Å². The molecule has 0 radical (unpaired) electrons. The lowest BCUT2D eigenvalue weighted by atomic mass is 9.94. The Hall–Kier alpha value is -4.63. The van der Waals surface area contributed by atoms with Crippen LogP contribution >= 0.6 is 0 Å². The Labute approximate surface area is 245 Å². The Bertz CT molecular complexity index is 1370. The molecule has 1 unspecified atom stereocenters. The average Bonchev–Trinajstić information content (AvgIpc) is 3.09. The van der Waals surface area contributed by atoms with Crippen LogP contribution in [0, 0.1) is 5.92 Å². The number of carboxylic acids is 1. The van der Waals surface area contributed by atoms with E-state index in [0.717, 1.165) is 16.9 Å². The van der Waals surface area contributed by atoms with Gasteiger partial charge in [-0.15, -0.1) is 0 Å². The Morgan fingerprint density at radius 3 is 2.48 bits per heavy atom. The van der Waals surface area contributed by atoms with Crippen molar-refractivity contribution in [2.24, 2.45) is 5.92 Å². The average molecular weight is 572 g/mol. The molecule has 220 valence electrons. The van der Waals surface area contributed by atoms with E-state index in [2.05, 4.69) is 10.6 Å². The first-order valence-electron chi connectivity index (χ1n) is 14.1. The summed E-state index contributed by atoms with van der Waals surface area (Å²) in [7, 11) is 0. The molecule has 3 aromatic rings. The summed E-state index contributed by atoms with van der Waals surface area (Å²) in [5, 5.41) is 15.2.